The van der Waals surface area contributed by atoms with Crippen molar-refractivity contribution >= 4 is 29.1 Å². The van der Waals surface area contributed by atoms with Gasteiger partial charge in [0.25, 0.3) is 5.91 Å². The molecule has 0 fully saturated rings. The van der Waals surface area contributed by atoms with Crippen molar-refractivity contribution in [2.24, 2.45) is 0 Å². The van der Waals surface area contributed by atoms with Crippen LogP contribution in [0.15, 0.2) is 90.4 Å². The minimum absolute atomic E-state index is 0.215. The van der Waals surface area contributed by atoms with Gasteiger partial charge in [-0.3, -0.25) is 4.79 Å². The molecular weight excluding hydrogens is 462 g/mol. The molecule has 35 heavy (non-hydrogen) atoms. The van der Waals surface area contributed by atoms with Crippen LogP contribution in [0.4, 0.5) is 11.6 Å². The first-order valence-corrected chi connectivity index (χ1v) is 11.6. The fourth-order valence-electron chi connectivity index (χ4n) is 4.08. The number of nitrogens with one attached hydrogen (secondary N) is 2. The van der Waals surface area contributed by atoms with E-state index in [1.165, 1.54) is 6.33 Å². The molecule has 1 aliphatic rings. The molecule has 2 heterocycles. The van der Waals surface area contributed by atoms with Crippen LogP contribution >= 0.6 is 11.6 Å². The third-order valence-electron chi connectivity index (χ3n) is 5.87. The van der Waals surface area contributed by atoms with E-state index in [-0.39, 0.29) is 5.91 Å². The lowest BCUT2D eigenvalue weighted by atomic mass is 9.94. The first-order valence-electron chi connectivity index (χ1n) is 11.2. The monoisotopic (exact) mass is 485 g/mol. The molecule has 0 bridgehead atoms. The minimum atomic E-state index is -0.483. The quantitative estimate of drug-likeness (QED) is 0.363. The first-order chi connectivity index (χ1) is 17.0. The molecule has 4 aromatic rings. The molecule has 1 aromatic heterocycles. The summed E-state index contributed by atoms with van der Waals surface area (Å²) in [6.07, 6.45) is 1.47. The predicted octanol–water partition coefficient (Wildman–Crippen LogP) is 5.75. The lowest BCUT2D eigenvalue weighted by molar-refractivity contribution is -0.113. The Morgan fingerprint density at radius 3 is 2.69 bits per heavy atom. The number of hydrogen-bond donors (Lipinski definition) is 2. The maximum absolute atomic E-state index is 13.5. The summed E-state index contributed by atoms with van der Waals surface area (Å²) in [5.41, 5.74) is 4.85. The molecule has 5 rings (SSSR count). The number of ether oxygens (including phenoxy) is 1. The third-order valence-corrected chi connectivity index (χ3v) is 6.24. The third kappa shape index (κ3) is 4.76. The van der Waals surface area contributed by atoms with Gasteiger partial charge in [-0.05, 0) is 49.7 Å². The molecule has 1 aliphatic heterocycles. The number of aromatic nitrogens is 3. The van der Waals surface area contributed by atoms with Crippen LogP contribution in [0.1, 0.15) is 29.7 Å². The topological polar surface area (TPSA) is 81.1 Å². The molecule has 0 saturated carbocycles. The molecule has 8 heteroatoms. The van der Waals surface area contributed by atoms with Crippen molar-refractivity contribution in [2.75, 3.05) is 10.6 Å². The van der Waals surface area contributed by atoms with Crippen LogP contribution in [0.2, 0.25) is 5.02 Å². The number of carbonyl (C=O) groups excluding carboxylic acids is 1. The minimum Gasteiger partial charge on any atom is -0.489 e. The molecule has 1 unspecified atom stereocenters. The van der Waals surface area contributed by atoms with E-state index in [0.29, 0.717) is 34.6 Å². The summed E-state index contributed by atoms with van der Waals surface area (Å²) in [6, 6.07) is 22.5. The number of carbonyl (C=O) groups is 1. The van der Waals surface area contributed by atoms with Gasteiger partial charge in [-0.2, -0.15) is 10.1 Å². The van der Waals surface area contributed by atoms with E-state index in [1.807, 2.05) is 86.6 Å². The molecule has 2 N–H and O–H groups in total. The van der Waals surface area contributed by atoms with E-state index in [9.17, 15) is 4.79 Å². The number of amides is 1. The van der Waals surface area contributed by atoms with Crippen LogP contribution in [-0.2, 0) is 11.4 Å². The number of allylic oxidation sites excluding steroid dienone is 1. The average Bonchev–Trinajstić information content (AvgIpc) is 3.32. The highest BCUT2D eigenvalue weighted by atomic mass is 35.5. The second kappa shape index (κ2) is 9.64. The lowest BCUT2D eigenvalue weighted by Crippen LogP contribution is -2.31. The number of anilines is 2. The summed E-state index contributed by atoms with van der Waals surface area (Å²) in [6.45, 7) is 4.21. The van der Waals surface area contributed by atoms with Crippen LogP contribution in [0.3, 0.4) is 0 Å². The van der Waals surface area contributed by atoms with Crippen molar-refractivity contribution in [1.82, 2.24) is 14.8 Å². The van der Waals surface area contributed by atoms with Crippen molar-refractivity contribution in [1.29, 1.82) is 0 Å². The van der Waals surface area contributed by atoms with E-state index in [2.05, 4.69) is 20.7 Å². The molecule has 7 nitrogen and oxygen atoms in total. The zero-order chi connectivity index (χ0) is 24.4. The van der Waals surface area contributed by atoms with E-state index in [0.717, 1.165) is 22.4 Å². The first kappa shape index (κ1) is 22.7. The van der Waals surface area contributed by atoms with Crippen molar-refractivity contribution in [3.05, 3.63) is 112 Å². The predicted molar refractivity (Wildman–Crippen MR) is 137 cm³/mol. The molecular formula is C27H24ClN5O2. The molecule has 176 valence electrons. The largest absolute Gasteiger partial charge is 0.489 e. The van der Waals surface area contributed by atoms with E-state index < -0.39 is 6.04 Å². The van der Waals surface area contributed by atoms with Gasteiger partial charge in [-0.15, -0.1) is 0 Å². The van der Waals surface area contributed by atoms with Crippen molar-refractivity contribution < 1.29 is 9.53 Å². The summed E-state index contributed by atoms with van der Waals surface area (Å²) < 4.78 is 7.75. The van der Waals surface area contributed by atoms with Gasteiger partial charge < -0.3 is 15.4 Å². The Balaban J connectivity index is 1.46. The van der Waals surface area contributed by atoms with Gasteiger partial charge in [0.15, 0.2) is 0 Å². The van der Waals surface area contributed by atoms with Gasteiger partial charge in [0.2, 0.25) is 5.95 Å². The van der Waals surface area contributed by atoms with Gasteiger partial charge in [0, 0.05) is 22.0 Å². The Kier molecular flexibility index (Phi) is 6.25. The molecule has 3 aromatic carbocycles. The van der Waals surface area contributed by atoms with Crippen LogP contribution < -0.4 is 15.4 Å². The van der Waals surface area contributed by atoms with Gasteiger partial charge in [-0.25, -0.2) is 4.68 Å². The Bertz CT molecular complexity index is 1410. The number of hydrogen-bond acceptors (Lipinski definition) is 5. The Labute approximate surface area is 208 Å². The van der Waals surface area contributed by atoms with Crippen LogP contribution in [0, 0.1) is 6.92 Å². The highest BCUT2D eigenvalue weighted by Gasteiger charge is 2.33. The molecule has 0 radical (unpaired) electrons. The number of aryl methyl sites for hydroxylation is 1. The fourth-order valence-corrected chi connectivity index (χ4v) is 4.27. The van der Waals surface area contributed by atoms with Gasteiger partial charge in [0.1, 0.15) is 24.7 Å². The molecule has 0 aliphatic carbocycles. The zero-order valence-corrected chi connectivity index (χ0v) is 20.1. The Morgan fingerprint density at radius 1 is 1.09 bits per heavy atom. The number of rotatable bonds is 6. The van der Waals surface area contributed by atoms with Gasteiger partial charge in [0.05, 0.1) is 5.57 Å². The summed E-state index contributed by atoms with van der Waals surface area (Å²) >= 11 is 6.28. The Hall–Kier alpha value is -4.10. The average molecular weight is 486 g/mol. The fraction of sp³-hybridized carbons (Fsp3) is 0.148. The van der Waals surface area contributed by atoms with Crippen molar-refractivity contribution in [2.45, 2.75) is 26.5 Å². The second-order valence-electron chi connectivity index (χ2n) is 8.37. The molecule has 1 amide bonds. The normalized spacial score (nSPS) is 14.8. The van der Waals surface area contributed by atoms with Crippen molar-refractivity contribution in [3.63, 3.8) is 0 Å². The van der Waals surface area contributed by atoms with E-state index in [1.54, 1.807) is 4.68 Å². The smallest absolute Gasteiger partial charge is 0.255 e. The number of fused-ring (bicyclic) bond motifs is 1. The summed E-state index contributed by atoms with van der Waals surface area (Å²) in [7, 11) is 0. The summed E-state index contributed by atoms with van der Waals surface area (Å²) in [5.74, 6) is 1.02. The van der Waals surface area contributed by atoms with Crippen LogP contribution in [0.5, 0.6) is 5.75 Å². The lowest BCUT2D eigenvalue weighted by Gasteiger charge is -2.29. The summed E-state index contributed by atoms with van der Waals surface area (Å²) in [4.78, 5) is 17.8. The highest BCUT2D eigenvalue weighted by molar-refractivity contribution is 6.31. The van der Waals surface area contributed by atoms with Crippen LogP contribution in [0.25, 0.3) is 0 Å². The maximum Gasteiger partial charge on any atom is 0.255 e. The Morgan fingerprint density at radius 2 is 1.89 bits per heavy atom. The van der Waals surface area contributed by atoms with Gasteiger partial charge in [-0.1, -0.05) is 59.6 Å². The van der Waals surface area contributed by atoms with E-state index >= 15 is 0 Å². The van der Waals surface area contributed by atoms with Gasteiger partial charge >= 0.3 is 0 Å². The number of halogens is 1. The summed E-state index contributed by atoms with van der Waals surface area (Å²) in [5, 5.41) is 11.3. The number of benzene rings is 3. The highest BCUT2D eigenvalue weighted by Crippen LogP contribution is 2.36. The second-order valence-corrected chi connectivity index (χ2v) is 8.77. The molecule has 0 spiro atoms. The zero-order valence-electron chi connectivity index (χ0n) is 19.3. The standard InChI is InChI=1S/C27H24ClN5O2/c1-17-10-12-21(13-11-17)32-26(34)24-18(2)31-27-29-16-30-33(27)25(24)19-7-5-8-22(14-19)35-15-20-6-3-4-9-23(20)28/h3-14,16,25H,15H2,1-2H3,(H,32,34)(H,29,30,31). The number of nitrogens with zero attached hydrogens (tertiary/aromatic N) is 3. The maximum atomic E-state index is 13.5. The van der Waals surface area contributed by atoms with Crippen LogP contribution in [-0.4, -0.2) is 20.7 Å². The SMILES string of the molecule is CC1=C(C(=O)Nc2ccc(C)cc2)C(c2cccc(OCc3ccccc3Cl)c2)n2ncnc2N1. The molecule has 1 atom stereocenters. The van der Waals surface area contributed by atoms with E-state index in [4.69, 9.17) is 16.3 Å². The molecule has 0 saturated heterocycles. The van der Waals surface area contributed by atoms with Crippen molar-refractivity contribution in [3.8, 4) is 5.75 Å².